The van der Waals surface area contributed by atoms with E-state index in [0.717, 1.165) is 25.9 Å². The third-order valence-corrected chi connectivity index (χ3v) is 5.41. The van der Waals surface area contributed by atoms with Crippen LogP contribution in [0, 0.1) is 0 Å². The monoisotopic (exact) mass is 389 g/mol. The summed E-state index contributed by atoms with van der Waals surface area (Å²) < 4.78 is 27.3. The van der Waals surface area contributed by atoms with Crippen molar-refractivity contribution in [2.24, 2.45) is 0 Å². The summed E-state index contributed by atoms with van der Waals surface area (Å²) in [6.07, 6.45) is 1.96. The van der Waals surface area contributed by atoms with Gasteiger partial charge in [-0.3, -0.25) is 4.79 Å². The molecule has 1 aliphatic heterocycles. The third-order valence-electron chi connectivity index (χ3n) is 3.45. The quantitative estimate of drug-likeness (QED) is 0.676. The molecule has 6 nitrogen and oxygen atoms in total. The van der Waals surface area contributed by atoms with Crippen molar-refractivity contribution in [3.05, 3.63) is 28.7 Å². The van der Waals surface area contributed by atoms with Gasteiger partial charge < -0.3 is 10.6 Å². The summed E-state index contributed by atoms with van der Waals surface area (Å²) in [6.45, 7) is 1.90. The van der Waals surface area contributed by atoms with Gasteiger partial charge in [0.2, 0.25) is 15.9 Å². The van der Waals surface area contributed by atoms with Gasteiger partial charge >= 0.3 is 0 Å². The van der Waals surface area contributed by atoms with E-state index in [9.17, 15) is 13.2 Å². The first-order chi connectivity index (χ1) is 10.5. The molecule has 0 spiro atoms. The van der Waals surface area contributed by atoms with Crippen LogP contribution in [0.1, 0.15) is 19.3 Å². The topological polar surface area (TPSA) is 87.3 Å². The highest BCUT2D eigenvalue weighted by Crippen LogP contribution is 2.15. The largest absolute Gasteiger partial charge is 0.353 e. The summed E-state index contributed by atoms with van der Waals surface area (Å²) in [7, 11) is -3.58. The maximum atomic E-state index is 12.1. The third kappa shape index (κ3) is 5.35. The first kappa shape index (κ1) is 17.4. The highest BCUT2D eigenvalue weighted by molar-refractivity contribution is 9.10. The summed E-state index contributed by atoms with van der Waals surface area (Å²) in [5, 5.41) is 6.16. The molecule has 3 N–H and O–H groups in total. The van der Waals surface area contributed by atoms with Gasteiger partial charge in [-0.1, -0.05) is 22.0 Å². The smallest absolute Gasteiger partial charge is 0.240 e. The number of nitrogens with one attached hydrogen (secondary N) is 3. The van der Waals surface area contributed by atoms with Crippen molar-refractivity contribution in [2.45, 2.75) is 30.2 Å². The zero-order valence-electron chi connectivity index (χ0n) is 12.1. The Balaban J connectivity index is 1.78. The lowest BCUT2D eigenvalue weighted by molar-refractivity contribution is -0.121. The van der Waals surface area contributed by atoms with Crippen molar-refractivity contribution in [2.75, 3.05) is 19.6 Å². The summed E-state index contributed by atoms with van der Waals surface area (Å²) in [4.78, 5) is 12.0. The Bertz CT molecular complexity index is 616. The zero-order valence-corrected chi connectivity index (χ0v) is 14.5. The number of hydrogen-bond donors (Lipinski definition) is 3. The maximum Gasteiger partial charge on any atom is 0.240 e. The van der Waals surface area contributed by atoms with E-state index in [-0.39, 0.29) is 29.8 Å². The Hall–Kier alpha value is -0.960. The molecule has 122 valence electrons. The lowest BCUT2D eigenvalue weighted by Crippen LogP contribution is -2.43. The van der Waals surface area contributed by atoms with Crippen LogP contribution in [-0.4, -0.2) is 40.0 Å². The zero-order chi connectivity index (χ0) is 16.0. The molecule has 1 saturated heterocycles. The molecule has 22 heavy (non-hydrogen) atoms. The molecule has 1 aromatic rings. The van der Waals surface area contributed by atoms with E-state index in [0.29, 0.717) is 4.47 Å². The van der Waals surface area contributed by atoms with Crippen molar-refractivity contribution in [1.82, 2.24) is 15.4 Å². The van der Waals surface area contributed by atoms with Crippen molar-refractivity contribution >= 4 is 31.9 Å². The van der Waals surface area contributed by atoms with Gasteiger partial charge in [-0.15, -0.1) is 0 Å². The SMILES string of the molecule is O=C(CCNS(=O)(=O)c1cccc(Br)c1)NC1CCNCC1. The van der Waals surface area contributed by atoms with E-state index in [1.165, 1.54) is 12.1 Å². The molecule has 0 bridgehead atoms. The average molecular weight is 390 g/mol. The van der Waals surface area contributed by atoms with E-state index in [1.54, 1.807) is 12.1 Å². The Kier molecular flexibility index (Phi) is 6.37. The van der Waals surface area contributed by atoms with Crippen LogP contribution in [0.5, 0.6) is 0 Å². The fourth-order valence-corrected chi connectivity index (χ4v) is 3.91. The van der Waals surface area contributed by atoms with E-state index in [2.05, 4.69) is 31.3 Å². The van der Waals surface area contributed by atoms with Gasteiger partial charge in [0.1, 0.15) is 0 Å². The summed E-state index contributed by atoms with van der Waals surface area (Å²) in [5.41, 5.74) is 0. The number of sulfonamides is 1. The predicted molar refractivity (Wildman–Crippen MR) is 88.0 cm³/mol. The van der Waals surface area contributed by atoms with Crippen LogP contribution in [0.4, 0.5) is 0 Å². The van der Waals surface area contributed by atoms with Gasteiger partial charge in [0.25, 0.3) is 0 Å². The van der Waals surface area contributed by atoms with E-state index in [4.69, 9.17) is 0 Å². The highest BCUT2D eigenvalue weighted by atomic mass is 79.9. The molecule has 0 atom stereocenters. The summed E-state index contributed by atoms with van der Waals surface area (Å²) in [5.74, 6) is -0.121. The van der Waals surface area contributed by atoms with Gasteiger partial charge in [-0.2, -0.15) is 0 Å². The minimum Gasteiger partial charge on any atom is -0.353 e. The first-order valence-electron chi connectivity index (χ1n) is 7.23. The number of carbonyl (C=O) groups is 1. The number of amides is 1. The lowest BCUT2D eigenvalue weighted by atomic mass is 10.1. The number of piperidine rings is 1. The summed E-state index contributed by atoms with van der Waals surface area (Å²) in [6, 6.07) is 6.64. The normalized spacial score (nSPS) is 16.4. The second-order valence-corrected chi connectivity index (χ2v) is 7.88. The van der Waals surface area contributed by atoms with Gasteiger partial charge in [0.15, 0.2) is 0 Å². The average Bonchev–Trinajstić information content (AvgIpc) is 2.48. The number of rotatable bonds is 6. The van der Waals surface area contributed by atoms with Crippen LogP contribution in [0.3, 0.4) is 0 Å². The lowest BCUT2D eigenvalue weighted by Gasteiger charge is -2.23. The van der Waals surface area contributed by atoms with Crippen molar-refractivity contribution < 1.29 is 13.2 Å². The van der Waals surface area contributed by atoms with Crippen molar-refractivity contribution in [3.63, 3.8) is 0 Å². The number of carbonyl (C=O) groups excluding carboxylic acids is 1. The first-order valence-corrected chi connectivity index (χ1v) is 9.50. The second-order valence-electron chi connectivity index (χ2n) is 5.20. The van der Waals surface area contributed by atoms with Gasteiger partial charge in [-0.05, 0) is 44.1 Å². The number of halogens is 1. The fourth-order valence-electron chi connectivity index (χ4n) is 2.28. The molecular formula is C14H20BrN3O3S. The van der Waals surface area contributed by atoms with Crippen molar-refractivity contribution in [1.29, 1.82) is 0 Å². The van der Waals surface area contributed by atoms with E-state index >= 15 is 0 Å². The Morgan fingerprint density at radius 1 is 1.32 bits per heavy atom. The second kappa shape index (κ2) is 8.05. The molecule has 1 amide bonds. The van der Waals surface area contributed by atoms with Crippen molar-refractivity contribution in [3.8, 4) is 0 Å². The fraction of sp³-hybridized carbons (Fsp3) is 0.500. The molecule has 1 heterocycles. The van der Waals surface area contributed by atoms with E-state index < -0.39 is 10.0 Å². The molecule has 0 unspecified atom stereocenters. The van der Waals surface area contributed by atoms with Crippen LogP contribution in [0.2, 0.25) is 0 Å². The molecule has 0 aromatic heterocycles. The molecule has 2 rings (SSSR count). The molecule has 1 aromatic carbocycles. The Morgan fingerprint density at radius 2 is 2.05 bits per heavy atom. The van der Waals surface area contributed by atoms with Gasteiger partial charge in [0, 0.05) is 23.5 Å². The Morgan fingerprint density at radius 3 is 2.73 bits per heavy atom. The molecule has 0 radical (unpaired) electrons. The summed E-state index contributed by atoms with van der Waals surface area (Å²) >= 11 is 3.24. The molecule has 0 saturated carbocycles. The standard InChI is InChI=1S/C14H20BrN3O3S/c15-11-2-1-3-13(10-11)22(20,21)17-9-6-14(19)18-12-4-7-16-8-5-12/h1-3,10,12,16-17H,4-9H2,(H,18,19). The minimum atomic E-state index is -3.58. The van der Waals surface area contributed by atoms with Crippen LogP contribution < -0.4 is 15.4 Å². The molecule has 1 fully saturated rings. The molecule has 8 heteroatoms. The van der Waals surface area contributed by atoms with E-state index in [1.807, 2.05) is 0 Å². The highest BCUT2D eigenvalue weighted by Gasteiger charge is 2.17. The maximum absolute atomic E-state index is 12.1. The van der Waals surface area contributed by atoms with Crippen LogP contribution >= 0.6 is 15.9 Å². The Labute approximate surface area is 139 Å². The van der Waals surface area contributed by atoms with Crippen LogP contribution in [-0.2, 0) is 14.8 Å². The minimum absolute atomic E-state index is 0.0889. The number of benzene rings is 1. The molecular weight excluding hydrogens is 370 g/mol. The predicted octanol–water partition coefficient (Wildman–Crippen LogP) is 0.986. The molecule has 0 aliphatic carbocycles. The van der Waals surface area contributed by atoms with Gasteiger partial charge in [0.05, 0.1) is 4.90 Å². The van der Waals surface area contributed by atoms with Crippen LogP contribution in [0.25, 0.3) is 0 Å². The van der Waals surface area contributed by atoms with Crippen LogP contribution in [0.15, 0.2) is 33.6 Å². The number of hydrogen-bond acceptors (Lipinski definition) is 4. The molecule has 1 aliphatic rings. The van der Waals surface area contributed by atoms with Gasteiger partial charge in [-0.25, -0.2) is 13.1 Å².